The van der Waals surface area contributed by atoms with Crippen LogP contribution in [0.4, 0.5) is 0 Å². The van der Waals surface area contributed by atoms with Crippen molar-refractivity contribution in [1.29, 1.82) is 0 Å². The Morgan fingerprint density at radius 3 is 2.61 bits per heavy atom. The quantitative estimate of drug-likeness (QED) is 0.695. The molecule has 0 aliphatic heterocycles. The van der Waals surface area contributed by atoms with E-state index < -0.39 is 5.54 Å². The summed E-state index contributed by atoms with van der Waals surface area (Å²) in [4.78, 5) is 0. The van der Waals surface area contributed by atoms with Crippen molar-refractivity contribution in [2.24, 2.45) is 5.73 Å². The maximum absolute atomic E-state index is 9.09. The van der Waals surface area contributed by atoms with E-state index in [0.717, 1.165) is 38.6 Å². The van der Waals surface area contributed by atoms with E-state index in [1.807, 2.05) is 6.92 Å². The summed E-state index contributed by atoms with van der Waals surface area (Å²) in [6.45, 7) is 7.19. The molecular formula is C14H27N3O. The van der Waals surface area contributed by atoms with Crippen molar-refractivity contribution in [3.05, 3.63) is 17.5 Å². The highest BCUT2D eigenvalue weighted by molar-refractivity contribution is 5.10. The largest absolute Gasteiger partial charge is 0.394 e. The maximum atomic E-state index is 9.09. The van der Waals surface area contributed by atoms with E-state index in [1.165, 1.54) is 11.4 Å². The first kappa shape index (κ1) is 15.2. The third-order valence-electron chi connectivity index (χ3n) is 3.37. The number of nitrogens with zero attached hydrogens (tertiary/aromatic N) is 2. The predicted molar refractivity (Wildman–Crippen MR) is 74.5 cm³/mol. The van der Waals surface area contributed by atoms with Crippen molar-refractivity contribution in [1.82, 2.24) is 9.78 Å². The van der Waals surface area contributed by atoms with E-state index in [2.05, 4.69) is 29.7 Å². The number of unbranched alkanes of at least 4 members (excludes halogenated alkanes) is 1. The van der Waals surface area contributed by atoms with Gasteiger partial charge in [-0.3, -0.25) is 4.68 Å². The normalized spacial score (nSPS) is 14.7. The fraction of sp³-hybridized carbons (Fsp3) is 0.786. The molecule has 0 aromatic carbocycles. The van der Waals surface area contributed by atoms with Crippen molar-refractivity contribution in [2.45, 2.75) is 65.0 Å². The lowest BCUT2D eigenvalue weighted by molar-refractivity contribution is 0.197. The Morgan fingerprint density at radius 2 is 2.06 bits per heavy atom. The number of rotatable bonds is 8. The van der Waals surface area contributed by atoms with Crippen molar-refractivity contribution >= 4 is 0 Å². The molecule has 0 saturated carbocycles. The number of hydrogen-bond acceptors (Lipinski definition) is 3. The molecule has 1 aromatic rings. The summed E-state index contributed by atoms with van der Waals surface area (Å²) >= 11 is 0. The van der Waals surface area contributed by atoms with Crippen LogP contribution in [-0.2, 0) is 19.4 Å². The van der Waals surface area contributed by atoms with Crippen LogP contribution in [-0.4, -0.2) is 27.0 Å². The second-order valence-corrected chi connectivity index (χ2v) is 5.33. The average Bonchev–Trinajstić information content (AvgIpc) is 2.77. The van der Waals surface area contributed by atoms with Gasteiger partial charge in [0.15, 0.2) is 0 Å². The number of hydrogen-bond donors (Lipinski definition) is 2. The first-order valence-corrected chi connectivity index (χ1v) is 6.97. The zero-order chi connectivity index (χ0) is 13.6. The third kappa shape index (κ3) is 4.42. The Kier molecular flexibility index (Phi) is 5.82. The van der Waals surface area contributed by atoms with Gasteiger partial charge in [0.05, 0.1) is 12.3 Å². The lowest BCUT2D eigenvalue weighted by Crippen LogP contribution is -2.39. The van der Waals surface area contributed by atoms with E-state index in [0.29, 0.717) is 0 Å². The molecule has 0 radical (unpaired) electrons. The first-order valence-electron chi connectivity index (χ1n) is 6.97. The number of aliphatic hydroxyl groups is 1. The Morgan fingerprint density at radius 1 is 1.33 bits per heavy atom. The molecule has 1 atom stereocenters. The summed E-state index contributed by atoms with van der Waals surface area (Å²) in [5.41, 5.74) is 7.95. The van der Waals surface area contributed by atoms with Crippen LogP contribution in [0.1, 0.15) is 51.4 Å². The fourth-order valence-electron chi connectivity index (χ4n) is 2.04. The molecule has 1 heterocycles. The van der Waals surface area contributed by atoms with Gasteiger partial charge in [0, 0.05) is 17.8 Å². The van der Waals surface area contributed by atoms with Crippen LogP contribution in [0.2, 0.25) is 0 Å². The monoisotopic (exact) mass is 253 g/mol. The number of aliphatic hydroxyl groups excluding tert-OH is 1. The SMILES string of the molecule is CCc1cc(CC)n(CCCCC(C)(N)CO)n1. The smallest absolute Gasteiger partial charge is 0.0624 e. The van der Waals surface area contributed by atoms with Crippen LogP contribution >= 0.6 is 0 Å². The van der Waals surface area contributed by atoms with Gasteiger partial charge in [-0.2, -0.15) is 5.10 Å². The molecule has 4 nitrogen and oxygen atoms in total. The summed E-state index contributed by atoms with van der Waals surface area (Å²) in [6, 6.07) is 2.20. The van der Waals surface area contributed by atoms with Crippen LogP contribution in [0, 0.1) is 0 Å². The Hall–Kier alpha value is -0.870. The zero-order valence-corrected chi connectivity index (χ0v) is 11.9. The maximum Gasteiger partial charge on any atom is 0.0624 e. The highest BCUT2D eigenvalue weighted by Crippen LogP contribution is 2.12. The predicted octanol–water partition coefficient (Wildman–Crippen LogP) is 1.89. The lowest BCUT2D eigenvalue weighted by atomic mass is 9.97. The van der Waals surface area contributed by atoms with Crippen molar-refractivity contribution in [2.75, 3.05) is 6.61 Å². The van der Waals surface area contributed by atoms with Crippen molar-refractivity contribution in [3.63, 3.8) is 0 Å². The fourth-order valence-corrected chi connectivity index (χ4v) is 2.04. The molecule has 1 aromatic heterocycles. The molecule has 0 amide bonds. The molecule has 0 saturated heterocycles. The van der Waals surface area contributed by atoms with Gasteiger partial charge >= 0.3 is 0 Å². The van der Waals surface area contributed by atoms with Gasteiger partial charge in [-0.25, -0.2) is 0 Å². The molecule has 0 aliphatic rings. The number of aromatic nitrogens is 2. The topological polar surface area (TPSA) is 64.1 Å². The Labute approximate surface area is 110 Å². The molecule has 0 aliphatic carbocycles. The summed E-state index contributed by atoms with van der Waals surface area (Å²) in [5.74, 6) is 0. The summed E-state index contributed by atoms with van der Waals surface area (Å²) < 4.78 is 2.12. The summed E-state index contributed by atoms with van der Waals surface area (Å²) in [5, 5.41) is 13.7. The minimum Gasteiger partial charge on any atom is -0.394 e. The van der Waals surface area contributed by atoms with Crippen molar-refractivity contribution < 1.29 is 5.11 Å². The lowest BCUT2D eigenvalue weighted by Gasteiger charge is -2.21. The molecule has 0 fully saturated rings. The minimum absolute atomic E-state index is 0.0506. The van der Waals surface area contributed by atoms with Gasteiger partial charge in [0.2, 0.25) is 0 Å². The Balaban J connectivity index is 2.41. The van der Waals surface area contributed by atoms with Gasteiger partial charge in [0.25, 0.3) is 0 Å². The van der Waals surface area contributed by atoms with E-state index in [-0.39, 0.29) is 6.61 Å². The van der Waals surface area contributed by atoms with Gasteiger partial charge in [0.1, 0.15) is 0 Å². The van der Waals surface area contributed by atoms with Crippen LogP contribution in [0.15, 0.2) is 6.07 Å². The highest BCUT2D eigenvalue weighted by Gasteiger charge is 2.16. The average molecular weight is 253 g/mol. The molecule has 4 heteroatoms. The molecule has 0 bridgehead atoms. The highest BCUT2D eigenvalue weighted by atomic mass is 16.3. The molecule has 1 rings (SSSR count). The number of nitrogens with two attached hydrogens (primary N) is 1. The minimum atomic E-state index is -0.438. The number of aryl methyl sites for hydroxylation is 3. The summed E-state index contributed by atoms with van der Waals surface area (Å²) in [6.07, 6.45) is 4.96. The van der Waals surface area contributed by atoms with Crippen LogP contribution < -0.4 is 5.73 Å². The van der Waals surface area contributed by atoms with Gasteiger partial charge in [-0.05, 0) is 45.1 Å². The van der Waals surface area contributed by atoms with Gasteiger partial charge in [-0.15, -0.1) is 0 Å². The Bertz CT molecular complexity index is 358. The van der Waals surface area contributed by atoms with Gasteiger partial charge in [-0.1, -0.05) is 13.8 Å². The van der Waals surface area contributed by atoms with Gasteiger partial charge < -0.3 is 10.8 Å². The molecule has 3 N–H and O–H groups in total. The first-order chi connectivity index (χ1) is 8.52. The van der Waals surface area contributed by atoms with E-state index >= 15 is 0 Å². The molecular weight excluding hydrogens is 226 g/mol. The van der Waals surface area contributed by atoms with E-state index in [4.69, 9.17) is 10.8 Å². The van der Waals surface area contributed by atoms with E-state index in [1.54, 1.807) is 0 Å². The second-order valence-electron chi connectivity index (χ2n) is 5.33. The van der Waals surface area contributed by atoms with E-state index in [9.17, 15) is 0 Å². The van der Waals surface area contributed by atoms with Crippen LogP contribution in [0.3, 0.4) is 0 Å². The van der Waals surface area contributed by atoms with Crippen LogP contribution in [0.5, 0.6) is 0 Å². The molecule has 104 valence electrons. The summed E-state index contributed by atoms with van der Waals surface area (Å²) in [7, 11) is 0. The van der Waals surface area contributed by atoms with Crippen LogP contribution in [0.25, 0.3) is 0 Å². The molecule has 18 heavy (non-hydrogen) atoms. The zero-order valence-electron chi connectivity index (χ0n) is 11.9. The second kappa shape index (κ2) is 6.90. The third-order valence-corrected chi connectivity index (χ3v) is 3.37. The molecule has 0 spiro atoms. The molecule has 1 unspecified atom stereocenters. The van der Waals surface area contributed by atoms with Crippen molar-refractivity contribution in [3.8, 4) is 0 Å². The standard InChI is InChI=1S/C14H27N3O/c1-4-12-10-13(5-2)17(16-12)9-7-6-8-14(3,15)11-18/h10,18H,4-9,11,15H2,1-3H3.